The van der Waals surface area contributed by atoms with Crippen molar-refractivity contribution in [3.63, 3.8) is 0 Å². The molecule has 6 heteroatoms. The highest BCUT2D eigenvalue weighted by Crippen LogP contribution is 2.38. The molecule has 0 unspecified atom stereocenters. The summed E-state index contributed by atoms with van der Waals surface area (Å²) in [5, 5.41) is 3.36. The zero-order valence-electron chi connectivity index (χ0n) is 12.9. The normalized spacial score (nSPS) is 19.1. The van der Waals surface area contributed by atoms with E-state index in [4.69, 9.17) is 9.47 Å². The number of aryl methyl sites for hydroxylation is 1. The molecule has 2 aliphatic rings. The lowest BCUT2D eigenvalue weighted by molar-refractivity contribution is -0.115. The van der Waals surface area contributed by atoms with Crippen molar-refractivity contribution in [1.29, 1.82) is 0 Å². The van der Waals surface area contributed by atoms with Crippen LogP contribution >= 0.6 is 11.8 Å². The van der Waals surface area contributed by atoms with Gasteiger partial charge in [0.25, 0.3) is 5.91 Å². The number of aliphatic imine (C=N–C) groups is 1. The van der Waals surface area contributed by atoms with Crippen LogP contribution in [0.25, 0.3) is 6.08 Å². The molecule has 0 bridgehead atoms. The van der Waals surface area contributed by atoms with Crippen LogP contribution in [0.5, 0.6) is 11.5 Å². The first kappa shape index (κ1) is 14.8. The Labute approximate surface area is 143 Å². The lowest BCUT2D eigenvalue weighted by Crippen LogP contribution is -2.19. The fraction of sp³-hybridized carbons (Fsp3) is 0.111. The summed E-state index contributed by atoms with van der Waals surface area (Å²) in [5.41, 5.74) is 2.76. The van der Waals surface area contributed by atoms with E-state index in [1.165, 1.54) is 11.8 Å². The first-order chi connectivity index (χ1) is 11.7. The molecule has 2 aromatic rings. The number of para-hydroxylation sites is 1. The van der Waals surface area contributed by atoms with Gasteiger partial charge in [0, 0.05) is 5.56 Å². The number of carbonyl (C=O) groups excluding carboxylic acids is 1. The van der Waals surface area contributed by atoms with Gasteiger partial charge in [0.05, 0.1) is 10.6 Å². The average Bonchev–Trinajstić information content (AvgIpc) is 3.15. The van der Waals surface area contributed by atoms with Gasteiger partial charge in [-0.25, -0.2) is 4.99 Å². The van der Waals surface area contributed by atoms with Crippen LogP contribution in [0, 0.1) is 6.92 Å². The molecule has 1 saturated heterocycles. The Morgan fingerprint density at radius 1 is 1.21 bits per heavy atom. The Hall–Kier alpha value is -2.73. The Morgan fingerprint density at radius 2 is 2.08 bits per heavy atom. The number of amidine groups is 1. The zero-order chi connectivity index (χ0) is 16.5. The van der Waals surface area contributed by atoms with Crippen LogP contribution in [0.15, 0.2) is 52.4 Å². The van der Waals surface area contributed by atoms with E-state index < -0.39 is 0 Å². The second kappa shape index (κ2) is 6.05. The minimum atomic E-state index is -0.164. The summed E-state index contributed by atoms with van der Waals surface area (Å²) < 4.78 is 10.8. The maximum absolute atomic E-state index is 12.2. The van der Waals surface area contributed by atoms with Gasteiger partial charge < -0.3 is 14.8 Å². The van der Waals surface area contributed by atoms with E-state index in [0.717, 1.165) is 16.8 Å². The Kier molecular flexibility index (Phi) is 3.74. The Morgan fingerprint density at radius 3 is 2.96 bits per heavy atom. The average molecular weight is 338 g/mol. The molecule has 0 spiro atoms. The van der Waals surface area contributed by atoms with E-state index in [0.29, 0.717) is 21.6 Å². The van der Waals surface area contributed by atoms with Crippen molar-refractivity contribution >= 4 is 34.6 Å². The molecule has 24 heavy (non-hydrogen) atoms. The van der Waals surface area contributed by atoms with Gasteiger partial charge in [0.15, 0.2) is 16.7 Å². The second-order valence-corrected chi connectivity index (χ2v) is 6.43. The summed E-state index contributed by atoms with van der Waals surface area (Å²) in [6.07, 6.45) is 1.80. The van der Waals surface area contributed by atoms with Crippen molar-refractivity contribution in [3.05, 3.63) is 58.5 Å². The summed E-state index contributed by atoms with van der Waals surface area (Å²) in [6, 6.07) is 13.4. The number of hydrogen-bond acceptors (Lipinski definition) is 5. The number of benzene rings is 2. The smallest absolute Gasteiger partial charge is 0.264 e. The largest absolute Gasteiger partial charge is 0.454 e. The van der Waals surface area contributed by atoms with E-state index in [-0.39, 0.29) is 12.7 Å². The van der Waals surface area contributed by atoms with Crippen LogP contribution in [-0.4, -0.2) is 17.9 Å². The van der Waals surface area contributed by atoms with Crippen LogP contribution < -0.4 is 14.8 Å². The molecule has 0 saturated carbocycles. The van der Waals surface area contributed by atoms with Gasteiger partial charge in [-0.15, -0.1) is 0 Å². The Bertz CT molecular complexity index is 890. The fourth-order valence-corrected chi connectivity index (χ4v) is 3.34. The number of ether oxygens (including phenoxy) is 2. The molecule has 2 heterocycles. The third kappa shape index (κ3) is 2.88. The van der Waals surface area contributed by atoms with Crippen LogP contribution in [-0.2, 0) is 4.79 Å². The monoisotopic (exact) mass is 338 g/mol. The lowest BCUT2D eigenvalue weighted by atomic mass is 10.1. The summed E-state index contributed by atoms with van der Waals surface area (Å²) in [4.78, 5) is 17.3. The number of carbonyl (C=O) groups is 1. The predicted octanol–water partition coefficient (Wildman–Crippen LogP) is 3.62. The van der Waals surface area contributed by atoms with Gasteiger partial charge in [-0.3, -0.25) is 4.79 Å². The highest BCUT2D eigenvalue weighted by molar-refractivity contribution is 8.18. The van der Waals surface area contributed by atoms with E-state index >= 15 is 0 Å². The molecule has 0 radical (unpaired) electrons. The number of nitrogens with one attached hydrogen (secondary N) is 1. The highest BCUT2D eigenvalue weighted by atomic mass is 32.2. The molecule has 0 aliphatic carbocycles. The van der Waals surface area contributed by atoms with Crippen molar-refractivity contribution in [1.82, 2.24) is 5.32 Å². The van der Waals surface area contributed by atoms with Gasteiger partial charge in [0.1, 0.15) is 0 Å². The predicted molar refractivity (Wildman–Crippen MR) is 94.5 cm³/mol. The van der Waals surface area contributed by atoms with Crippen molar-refractivity contribution in [2.24, 2.45) is 4.99 Å². The van der Waals surface area contributed by atoms with E-state index in [9.17, 15) is 4.79 Å². The topological polar surface area (TPSA) is 59.9 Å². The van der Waals surface area contributed by atoms with E-state index in [1.54, 1.807) is 6.08 Å². The molecule has 2 aromatic carbocycles. The van der Waals surface area contributed by atoms with Gasteiger partial charge in [-0.1, -0.05) is 24.3 Å². The molecule has 1 fully saturated rings. The fourth-order valence-electron chi connectivity index (χ4n) is 2.50. The highest BCUT2D eigenvalue weighted by Gasteiger charge is 2.25. The first-order valence-corrected chi connectivity index (χ1v) is 8.25. The Balaban J connectivity index is 1.62. The minimum absolute atomic E-state index is 0.164. The molecular weight excluding hydrogens is 324 g/mol. The summed E-state index contributed by atoms with van der Waals surface area (Å²) in [7, 11) is 0. The van der Waals surface area contributed by atoms with Crippen molar-refractivity contribution < 1.29 is 14.3 Å². The third-order valence-electron chi connectivity index (χ3n) is 3.60. The van der Waals surface area contributed by atoms with E-state index in [1.807, 2.05) is 49.4 Å². The standard InChI is InChI=1S/C18H14N2O3S/c1-11-4-2-6-13(8-11)19-18-20-17(21)15(24-18)9-12-5-3-7-14-16(12)23-10-22-14/h2-9H,10H2,1H3,(H,19,20,21)/b15-9+. The SMILES string of the molecule is Cc1cccc(N=C2NC(=O)/C(=C\c3cccc4c3OCO4)S2)c1. The third-order valence-corrected chi connectivity index (χ3v) is 4.51. The maximum Gasteiger partial charge on any atom is 0.264 e. The molecule has 1 amide bonds. The van der Waals surface area contributed by atoms with Gasteiger partial charge in [-0.05, 0) is 48.5 Å². The molecular formula is C18H14N2O3S. The second-order valence-electron chi connectivity index (χ2n) is 5.40. The molecule has 4 rings (SSSR count). The molecule has 0 aromatic heterocycles. The number of thioether (sulfide) groups is 1. The first-order valence-electron chi connectivity index (χ1n) is 7.44. The number of rotatable bonds is 2. The van der Waals surface area contributed by atoms with Crippen molar-refractivity contribution in [3.8, 4) is 11.5 Å². The van der Waals surface area contributed by atoms with Crippen LogP contribution in [0.2, 0.25) is 0 Å². The van der Waals surface area contributed by atoms with Gasteiger partial charge in [-0.2, -0.15) is 0 Å². The number of amides is 1. The number of fused-ring (bicyclic) bond motifs is 1. The summed E-state index contributed by atoms with van der Waals surface area (Å²) in [6.45, 7) is 2.21. The molecule has 1 N–H and O–H groups in total. The molecule has 5 nitrogen and oxygen atoms in total. The quantitative estimate of drug-likeness (QED) is 0.850. The lowest BCUT2D eigenvalue weighted by Gasteiger charge is -2.00. The van der Waals surface area contributed by atoms with Crippen LogP contribution in [0.3, 0.4) is 0 Å². The van der Waals surface area contributed by atoms with Crippen molar-refractivity contribution in [2.75, 3.05) is 6.79 Å². The van der Waals surface area contributed by atoms with Crippen LogP contribution in [0.1, 0.15) is 11.1 Å². The number of hydrogen-bond donors (Lipinski definition) is 1. The van der Waals surface area contributed by atoms with Gasteiger partial charge in [0.2, 0.25) is 6.79 Å². The molecule has 2 aliphatic heterocycles. The molecule has 120 valence electrons. The zero-order valence-corrected chi connectivity index (χ0v) is 13.7. The maximum atomic E-state index is 12.2. The molecule has 0 atom stereocenters. The number of nitrogens with zero attached hydrogens (tertiary/aromatic N) is 1. The summed E-state index contributed by atoms with van der Waals surface area (Å²) >= 11 is 1.31. The van der Waals surface area contributed by atoms with Crippen LogP contribution in [0.4, 0.5) is 5.69 Å². The van der Waals surface area contributed by atoms with Crippen molar-refractivity contribution in [2.45, 2.75) is 6.92 Å². The van der Waals surface area contributed by atoms with Gasteiger partial charge >= 0.3 is 0 Å². The summed E-state index contributed by atoms with van der Waals surface area (Å²) in [5.74, 6) is 1.20. The minimum Gasteiger partial charge on any atom is -0.454 e. The van der Waals surface area contributed by atoms with E-state index in [2.05, 4.69) is 10.3 Å².